The van der Waals surface area contributed by atoms with Gasteiger partial charge in [0.1, 0.15) is 0 Å². The molecule has 2 heterocycles. The molecule has 2 rings (SSSR count). The first kappa shape index (κ1) is 14.5. The first-order chi connectivity index (χ1) is 8.84. The molecule has 1 fully saturated rings. The van der Waals surface area contributed by atoms with Gasteiger partial charge < -0.3 is 15.0 Å². The Morgan fingerprint density at radius 3 is 2.42 bits per heavy atom. The standard InChI is InChI=1S/C12H23BN4O2/c1-11(2)12(3,4)19-13(18-11)6-5-7-17-9-10(8-14)15-16-17/h9H,5-8,14H2,1-4H3. The average Bonchev–Trinajstić information content (AvgIpc) is 2.82. The van der Waals surface area contributed by atoms with Gasteiger partial charge in [-0.3, -0.25) is 4.68 Å². The van der Waals surface area contributed by atoms with Gasteiger partial charge in [0.2, 0.25) is 0 Å². The number of nitrogens with two attached hydrogens (primary N) is 1. The van der Waals surface area contributed by atoms with E-state index in [1.165, 1.54) is 0 Å². The molecule has 0 radical (unpaired) electrons. The monoisotopic (exact) mass is 266 g/mol. The predicted molar refractivity (Wildman–Crippen MR) is 73.4 cm³/mol. The first-order valence-corrected chi connectivity index (χ1v) is 6.79. The predicted octanol–water partition coefficient (Wildman–Crippen LogP) is 1.22. The van der Waals surface area contributed by atoms with Gasteiger partial charge in [-0.15, -0.1) is 5.10 Å². The van der Waals surface area contributed by atoms with Gasteiger partial charge in [-0.1, -0.05) is 5.21 Å². The number of rotatable bonds is 5. The molecule has 1 aromatic heterocycles. The molecular formula is C12H23BN4O2. The van der Waals surface area contributed by atoms with Crippen LogP contribution in [0.4, 0.5) is 0 Å². The lowest BCUT2D eigenvalue weighted by molar-refractivity contribution is 0.00578. The van der Waals surface area contributed by atoms with Gasteiger partial charge in [0, 0.05) is 19.3 Å². The van der Waals surface area contributed by atoms with Crippen LogP contribution in [0.1, 0.15) is 39.8 Å². The Balaban J connectivity index is 1.78. The highest BCUT2D eigenvalue weighted by molar-refractivity contribution is 6.45. The van der Waals surface area contributed by atoms with Crippen LogP contribution < -0.4 is 5.73 Å². The van der Waals surface area contributed by atoms with Crippen LogP contribution >= 0.6 is 0 Å². The first-order valence-electron chi connectivity index (χ1n) is 6.79. The zero-order valence-electron chi connectivity index (χ0n) is 12.2. The quantitative estimate of drug-likeness (QED) is 0.811. The molecule has 0 aromatic carbocycles. The fourth-order valence-corrected chi connectivity index (χ4v) is 2.04. The normalized spacial score (nSPS) is 21.0. The molecule has 0 bridgehead atoms. The molecular weight excluding hydrogens is 243 g/mol. The smallest absolute Gasteiger partial charge is 0.403 e. The summed E-state index contributed by atoms with van der Waals surface area (Å²) < 4.78 is 13.7. The SMILES string of the molecule is CC1(C)OB(CCCn2cc(CN)nn2)OC1(C)C. The minimum absolute atomic E-state index is 0.137. The van der Waals surface area contributed by atoms with Gasteiger partial charge in [0.15, 0.2) is 0 Å². The van der Waals surface area contributed by atoms with E-state index < -0.39 is 0 Å². The molecule has 2 N–H and O–H groups in total. The third-order valence-electron chi connectivity index (χ3n) is 3.92. The lowest BCUT2D eigenvalue weighted by Gasteiger charge is -2.32. The van der Waals surface area contributed by atoms with Crippen molar-refractivity contribution in [3.8, 4) is 0 Å². The number of aromatic nitrogens is 3. The lowest BCUT2D eigenvalue weighted by Crippen LogP contribution is -2.41. The second-order valence-corrected chi connectivity index (χ2v) is 6.01. The highest BCUT2D eigenvalue weighted by atomic mass is 16.7. The summed E-state index contributed by atoms with van der Waals surface area (Å²) in [6.45, 7) is 9.50. The van der Waals surface area contributed by atoms with Crippen molar-refractivity contribution in [2.75, 3.05) is 0 Å². The molecule has 0 amide bonds. The Kier molecular flexibility index (Phi) is 3.99. The maximum Gasteiger partial charge on any atom is 0.457 e. The molecule has 0 atom stereocenters. The molecule has 6 nitrogen and oxygen atoms in total. The second-order valence-electron chi connectivity index (χ2n) is 6.01. The molecule has 0 spiro atoms. The van der Waals surface area contributed by atoms with Crippen LogP contribution in [0.2, 0.25) is 6.32 Å². The molecule has 1 aliphatic heterocycles. The Morgan fingerprint density at radius 1 is 1.26 bits per heavy atom. The summed E-state index contributed by atoms with van der Waals surface area (Å²) in [6.07, 6.45) is 3.67. The van der Waals surface area contributed by atoms with E-state index in [-0.39, 0.29) is 18.3 Å². The van der Waals surface area contributed by atoms with Crippen LogP contribution in [0, 0.1) is 0 Å². The summed E-state index contributed by atoms with van der Waals surface area (Å²) in [4.78, 5) is 0. The van der Waals surface area contributed by atoms with Gasteiger partial charge in [-0.25, -0.2) is 0 Å². The fourth-order valence-electron chi connectivity index (χ4n) is 2.04. The van der Waals surface area contributed by atoms with Crippen molar-refractivity contribution in [2.45, 2.75) is 64.7 Å². The summed E-state index contributed by atoms with van der Waals surface area (Å²) in [5.74, 6) is 0. The Bertz CT molecular complexity index is 417. The van der Waals surface area contributed by atoms with Crippen molar-refractivity contribution in [3.05, 3.63) is 11.9 Å². The van der Waals surface area contributed by atoms with Crippen molar-refractivity contribution in [3.63, 3.8) is 0 Å². The lowest BCUT2D eigenvalue weighted by atomic mass is 9.83. The van der Waals surface area contributed by atoms with Crippen LogP contribution in [0.25, 0.3) is 0 Å². The Hall–Kier alpha value is -0.915. The van der Waals surface area contributed by atoms with E-state index in [0.717, 1.165) is 25.0 Å². The molecule has 19 heavy (non-hydrogen) atoms. The van der Waals surface area contributed by atoms with Gasteiger partial charge in [-0.05, 0) is 40.4 Å². The van der Waals surface area contributed by atoms with Gasteiger partial charge >= 0.3 is 7.12 Å². The van der Waals surface area contributed by atoms with Gasteiger partial charge in [0.05, 0.1) is 16.9 Å². The van der Waals surface area contributed by atoms with E-state index in [0.29, 0.717) is 6.54 Å². The molecule has 1 aromatic rings. The number of hydrogen-bond donors (Lipinski definition) is 1. The van der Waals surface area contributed by atoms with Crippen molar-refractivity contribution in [2.24, 2.45) is 5.73 Å². The summed E-state index contributed by atoms with van der Waals surface area (Å²) in [7, 11) is -0.137. The van der Waals surface area contributed by atoms with Crippen LogP contribution in [0.3, 0.4) is 0 Å². The van der Waals surface area contributed by atoms with E-state index in [9.17, 15) is 0 Å². The maximum absolute atomic E-state index is 5.94. The number of nitrogens with zero attached hydrogens (tertiary/aromatic N) is 3. The van der Waals surface area contributed by atoms with E-state index in [1.54, 1.807) is 0 Å². The molecule has 7 heteroatoms. The van der Waals surface area contributed by atoms with E-state index >= 15 is 0 Å². The summed E-state index contributed by atoms with van der Waals surface area (Å²) in [5, 5.41) is 7.97. The van der Waals surface area contributed by atoms with E-state index in [4.69, 9.17) is 15.0 Å². The number of aryl methyl sites for hydroxylation is 1. The van der Waals surface area contributed by atoms with Crippen molar-refractivity contribution in [1.29, 1.82) is 0 Å². The highest BCUT2D eigenvalue weighted by Crippen LogP contribution is 2.37. The maximum atomic E-state index is 5.94. The van der Waals surface area contributed by atoms with E-state index in [2.05, 4.69) is 38.0 Å². The Labute approximate surface area is 114 Å². The molecule has 1 aliphatic rings. The van der Waals surface area contributed by atoms with Crippen molar-refractivity contribution >= 4 is 7.12 Å². The minimum atomic E-state index is -0.252. The third kappa shape index (κ3) is 3.16. The van der Waals surface area contributed by atoms with Gasteiger partial charge in [0.25, 0.3) is 0 Å². The molecule has 106 valence electrons. The summed E-state index contributed by atoms with van der Waals surface area (Å²) in [5.41, 5.74) is 5.81. The third-order valence-corrected chi connectivity index (χ3v) is 3.92. The minimum Gasteiger partial charge on any atom is -0.403 e. The van der Waals surface area contributed by atoms with Gasteiger partial charge in [-0.2, -0.15) is 0 Å². The second kappa shape index (κ2) is 5.23. The van der Waals surface area contributed by atoms with Crippen molar-refractivity contribution < 1.29 is 9.31 Å². The number of hydrogen-bond acceptors (Lipinski definition) is 5. The zero-order valence-corrected chi connectivity index (χ0v) is 12.2. The fraction of sp³-hybridized carbons (Fsp3) is 0.833. The van der Waals surface area contributed by atoms with E-state index in [1.807, 2.05) is 10.9 Å². The molecule has 0 saturated carbocycles. The largest absolute Gasteiger partial charge is 0.457 e. The summed E-state index contributed by atoms with van der Waals surface area (Å²) in [6, 6.07) is 0. The van der Waals surface area contributed by atoms with Crippen LogP contribution in [0.5, 0.6) is 0 Å². The van der Waals surface area contributed by atoms with Crippen LogP contribution in [-0.4, -0.2) is 33.3 Å². The summed E-state index contributed by atoms with van der Waals surface area (Å²) >= 11 is 0. The Morgan fingerprint density at radius 2 is 1.89 bits per heavy atom. The molecule has 0 aliphatic carbocycles. The molecule has 0 unspecified atom stereocenters. The highest BCUT2D eigenvalue weighted by Gasteiger charge is 2.50. The zero-order chi connectivity index (χ0) is 14.1. The van der Waals surface area contributed by atoms with Crippen LogP contribution in [0.15, 0.2) is 6.20 Å². The van der Waals surface area contributed by atoms with Crippen LogP contribution in [-0.2, 0) is 22.4 Å². The molecule has 1 saturated heterocycles. The topological polar surface area (TPSA) is 75.2 Å². The van der Waals surface area contributed by atoms with Crippen molar-refractivity contribution in [1.82, 2.24) is 15.0 Å². The average molecular weight is 266 g/mol.